The van der Waals surface area contributed by atoms with Gasteiger partial charge in [-0.3, -0.25) is 0 Å². The quantitative estimate of drug-likeness (QED) is 0.518. The number of rotatable bonds is 2. The maximum Gasteiger partial charge on any atom is 0.338 e. The molecule has 0 aliphatic carbocycles. The molecule has 0 aromatic heterocycles. The van der Waals surface area contributed by atoms with Crippen LogP contribution in [0.25, 0.3) is 0 Å². The Balaban J connectivity index is 2.04. The highest BCUT2D eigenvalue weighted by atomic mass is 16.8. The first-order valence-electron chi connectivity index (χ1n) is 3.75. The molecule has 2 fully saturated rings. The number of hydrogen-bond donors (Lipinski definition) is 0. The Labute approximate surface area is 69.5 Å². The molecule has 5 nitrogen and oxygen atoms in total. The molecule has 12 heavy (non-hydrogen) atoms. The fourth-order valence-corrected chi connectivity index (χ4v) is 1.45. The molecule has 0 aromatic rings. The maximum atomic E-state index is 11.1. The normalized spacial score (nSPS) is 39.8. The Hall–Kier alpha value is -0.650. The van der Waals surface area contributed by atoms with Gasteiger partial charge in [0.2, 0.25) is 0 Å². The summed E-state index contributed by atoms with van der Waals surface area (Å²) in [4.78, 5) is 11.1. The summed E-state index contributed by atoms with van der Waals surface area (Å²) in [5.74, 6) is -0.348. The maximum absolute atomic E-state index is 11.1. The van der Waals surface area contributed by atoms with Crippen LogP contribution in [0, 0.1) is 0 Å². The number of esters is 1. The molecule has 0 spiro atoms. The smallest absolute Gasteiger partial charge is 0.338 e. The van der Waals surface area contributed by atoms with Crippen molar-refractivity contribution in [2.75, 3.05) is 20.5 Å². The van der Waals surface area contributed by atoms with E-state index in [1.54, 1.807) is 7.11 Å². The van der Waals surface area contributed by atoms with Crippen molar-refractivity contribution in [1.82, 2.24) is 0 Å². The van der Waals surface area contributed by atoms with Gasteiger partial charge in [-0.05, 0) is 0 Å². The van der Waals surface area contributed by atoms with Crippen LogP contribution in [0.1, 0.15) is 0 Å². The van der Waals surface area contributed by atoms with E-state index in [-0.39, 0.29) is 25.0 Å². The molecule has 2 aliphatic rings. The molecule has 68 valence electrons. The first kappa shape index (κ1) is 7.97. The summed E-state index contributed by atoms with van der Waals surface area (Å²) in [6.07, 6.45) is -1.13. The summed E-state index contributed by atoms with van der Waals surface area (Å²) in [5, 5.41) is 0. The Morgan fingerprint density at radius 3 is 3.17 bits per heavy atom. The van der Waals surface area contributed by atoms with Crippen LogP contribution >= 0.6 is 0 Å². The van der Waals surface area contributed by atoms with E-state index < -0.39 is 6.10 Å². The van der Waals surface area contributed by atoms with Crippen molar-refractivity contribution < 1.29 is 23.7 Å². The second-order valence-electron chi connectivity index (χ2n) is 2.77. The van der Waals surface area contributed by atoms with Crippen molar-refractivity contribution in [3.05, 3.63) is 0 Å². The summed E-state index contributed by atoms with van der Waals surface area (Å²) < 4.78 is 20.0. The molecule has 0 N–H and O–H groups in total. The molecule has 0 bridgehead atoms. The Kier molecular flexibility index (Phi) is 2.00. The van der Waals surface area contributed by atoms with Crippen LogP contribution in [0.2, 0.25) is 0 Å². The van der Waals surface area contributed by atoms with E-state index in [9.17, 15) is 4.79 Å². The summed E-state index contributed by atoms with van der Waals surface area (Å²) in [5.41, 5.74) is 0. The summed E-state index contributed by atoms with van der Waals surface area (Å²) in [6, 6.07) is 0. The summed E-state index contributed by atoms with van der Waals surface area (Å²) in [7, 11) is 1.55. The first-order valence-corrected chi connectivity index (χ1v) is 3.75. The molecule has 0 amide bonds. The number of methoxy groups -OCH3 is 1. The number of carbonyl (C=O) groups is 1. The van der Waals surface area contributed by atoms with Crippen LogP contribution in [0.3, 0.4) is 0 Å². The highest BCUT2D eigenvalue weighted by Crippen LogP contribution is 2.26. The third-order valence-corrected chi connectivity index (χ3v) is 2.00. The van der Waals surface area contributed by atoms with E-state index in [1.165, 1.54) is 0 Å². The van der Waals surface area contributed by atoms with Gasteiger partial charge in [0.1, 0.15) is 12.9 Å². The topological polar surface area (TPSA) is 54.0 Å². The molecule has 2 rings (SSSR count). The molecule has 0 aromatic carbocycles. The molecule has 0 unspecified atom stereocenters. The highest BCUT2D eigenvalue weighted by Gasteiger charge is 2.49. The van der Waals surface area contributed by atoms with E-state index in [0.717, 1.165) is 0 Å². The van der Waals surface area contributed by atoms with Crippen molar-refractivity contribution in [2.24, 2.45) is 0 Å². The molecule has 0 radical (unpaired) electrons. The predicted molar refractivity (Wildman–Crippen MR) is 36.4 cm³/mol. The fourth-order valence-electron chi connectivity index (χ4n) is 1.45. The molecular weight excluding hydrogens is 164 g/mol. The van der Waals surface area contributed by atoms with Gasteiger partial charge < -0.3 is 18.9 Å². The second kappa shape index (κ2) is 3.01. The minimum absolute atomic E-state index is 0.171. The predicted octanol–water partition coefficient (Wildman–Crippen LogP) is -0.700. The van der Waals surface area contributed by atoms with Gasteiger partial charge in [0.05, 0.1) is 6.61 Å². The van der Waals surface area contributed by atoms with Crippen molar-refractivity contribution in [2.45, 2.75) is 18.3 Å². The second-order valence-corrected chi connectivity index (χ2v) is 2.77. The van der Waals surface area contributed by atoms with Gasteiger partial charge >= 0.3 is 5.97 Å². The van der Waals surface area contributed by atoms with Crippen LogP contribution < -0.4 is 0 Å². The molecule has 2 saturated heterocycles. The van der Waals surface area contributed by atoms with Crippen molar-refractivity contribution in [3.63, 3.8) is 0 Å². The lowest BCUT2D eigenvalue weighted by molar-refractivity contribution is -0.154. The Morgan fingerprint density at radius 2 is 2.42 bits per heavy atom. The lowest BCUT2D eigenvalue weighted by atomic mass is 10.1. The summed E-state index contributed by atoms with van der Waals surface area (Å²) in [6.45, 7) is 0.529. The molecule has 2 aliphatic heterocycles. The van der Waals surface area contributed by atoms with Crippen LogP contribution in [-0.4, -0.2) is 44.8 Å². The minimum Gasteiger partial charge on any atom is -0.455 e. The Bertz CT molecular complexity index is 192. The number of hydrogen-bond acceptors (Lipinski definition) is 5. The van der Waals surface area contributed by atoms with Crippen LogP contribution in [0.5, 0.6) is 0 Å². The lowest BCUT2D eigenvalue weighted by Gasteiger charge is -2.12. The number of carbonyl (C=O) groups excluding carboxylic acids is 1. The third kappa shape index (κ3) is 1.10. The van der Waals surface area contributed by atoms with Crippen LogP contribution in [0.4, 0.5) is 0 Å². The Morgan fingerprint density at radius 1 is 1.58 bits per heavy atom. The van der Waals surface area contributed by atoms with E-state index in [1.807, 2.05) is 0 Å². The molecule has 5 heteroatoms. The average Bonchev–Trinajstić information content (AvgIpc) is 2.58. The van der Waals surface area contributed by atoms with Crippen LogP contribution in [-0.2, 0) is 23.7 Å². The van der Waals surface area contributed by atoms with Gasteiger partial charge in [0, 0.05) is 7.11 Å². The zero-order chi connectivity index (χ0) is 8.55. The molecular formula is C7H10O5. The van der Waals surface area contributed by atoms with Gasteiger partial charge in [0.15, 0.2) is 12.2 Å². The van der Waals surface area contributed by atoms with Gasteiger partial charge in [-0.2, -0.15) is 0 Å². The van der Waals surface area contributed by atoms with Gasteiger partial charge in [-0.1, -0.05) is 0 Å². The zero-order valence-corrected chi connectivity index (χ0v) is 6.69. The van der Waals surface area contributed by atoms with E-state index in [0.29, 0.717) is 6.61 Å². The highest BCUT2D eigenvalue weighted by molar-refractivity contribution is 5.78. The molecule has 2 heterocycles. The minimum atomic E-state index is -0.537. The summed E-state index contributed by atoms with van der Waals surface area (Å²) >= 11 is 0. The zero-order valence-electron chi connectivity index (χ0n) is 6.69. The molecule has 0 saturated carbocycles. The van der Waals surface area contributed by atoms with E-state index in [4.69, 9.17) is 18.9 Å². The van der Waals surface area contributed by atoms with E-state index >= 15 is 0 Å². The standard InChI is InChI=1S/C7H10O5/c1-9-2-4-5-6(7(8)12-4)11-3-10-5/h4-6H,2-3H2,1H3/t4-,5-,6-/m1/s1. The van der Waals surface area contributed by atoms with Crippen molar-refractivity contribution in [1.29, 1.82) is 0 Å². The fraction of sp³-hybridized carbons (Fsp3) is 0.857. The van der Waals surface area contributed by atoms with Crippen molar-refractivity contribution in [3.8, 4) is 0 Å². The lowest BCUT2D eigenvalue weighted by Crippen LogP contribution is -2.31. The molecule has 3 atom stereocenters. The van der Waals surface area contributed by atoms with Crippen molar-refractivity contribution >= 4 is 5.97 Å². The third-order valence-electron chi connectivity index (χ3n) is 2.00. The first-order chi connectivity index (χ1) is 5.83. The monoisotopic (exact) mass is 174 g/mol. The SMILES string of the molecule is COC[C@H]1OC(=O)[C@@H]2OCO[C@H]12. The number of cyclic esters (lactones) is 1. The number of fused-ring (bicyclic) bond motifs is 1. The van der Waals surface area contributed by atoms with E-state index in [2.05, 4.69) is 0 Å². The largest absolute Gasteiger partial charge is 0.455 e. The van der Waals surface area contributed by atoms with Crippen LogP contribution in [0.15, 0.2) is 0 Å². The number of ether oxygens (including phenoxy) is 4. The van der Waals surface area contributed by atoms with Gasteiger partial charge in [-0.25, -0.2) is 4.79 Å². The van der Waals surface area contributed by atoms with Gasteiger partial charge in [-0.15, -0.1) is 0 Å². The van der Waals surface area contributed by atoms with Gasteiger partial charge in [0.25, 0.3) is 0 Å². The average molecular weight is 174 g/mol.